The van der Waals surface area contributed by atoms with Crippen molar-refractivity contribution in [2.24, 2.45) is 0 Å². The normalized spacial score (nSPS) is 11.7. The minimum atomic E-state index is -1.03. The average molecular weight is 543 g/mol. The predicted molar refractivity (Wildman–Crippen MR) is 152 cm³/mol. The molecule has 1 N–H and O–H groups in total. The van der Waals surface area contributed by atoms with Crippen molar-refractivity contribution in [3.63, 3.8) is 0 Å². The van der Waals surface area contributed by atoms with E-state index in [4.69, 9.17) is 18.6 Å². The van der Waals surface area contributed by atoms with Crippen molar-refractivity contribution in [2.45, 2.75) is 20.0 Å². The molecule has 1 amide bonds. The summed E-state index contributed by atoms with van der Waals surface area (Å²) in [4.78, 5) is 31.1. The molecule has 0 bridgehead atoms. The minimum absolute atomic E-state index is 0.0805. The molecule has 5 aromatic rings. The molecular weight excluding hydrogens is 516 g/mol. The molecule has 0 spiro atoms. The van der Waals surface area contributed by atoms with Crippen LogP contribution < -0.4 is 25.0 Å². The molecule has 0 aliphatic heterocycles. The molecule has 1 unspecified atom stereocenters. The second-order valence-corrected chi connectivity index (χ2v) is 9.67. The zero-order valence-electron chi connectivity index (χ0n) is 21.8. The van der Waals surface area contributed by atoms with E-state index in [0.717, 1.165) is 16.8 Å². The van der Waals surface area contributed by atoms with Crippen LogP contribution in [-0.2, 0) is 4.79 Å². The molecule has 198 valence electrons. The standard InChI is InChI=1S/C30H26N2O6S/c1-17-9-11-19(12-10-17)22-16-39-30(31-22)32-29(34)18(2)37-28-26(33)21-7-5-6-8-23(21)38-27(28)20-13-14-24(35-3)25(15-20)36-4/h5-16,18H,1-4H3,(H,31,32,34). The van der Waals surface area contributed by atoms with E-state index in [1.54, 1.807) is 49.4 Å². The van der Waals surface area contributed by atoms with Crippen molar-refractivity contribution in [2.75, 3.05) is 19.5 Å². The van der Waals surface area contributed by atoms with Crippen molar-refractivity contribution < 1.29 is 23.4 Å². The van der Waals surface area contributed by atoms with Gasteiger partial charge in [0.25, 0.3) is 5.91 Å². The molecule has 2 heterocycles. The van der Waals surface area contributed by atoms with Gasteiger partial charge in [0, 0.05) is 16.5 Å². The van der Waals surface area contributed by atoms with Gasteiger partial charge in [-0.05, 0) is 44.2 Å². The van der Waals surface area contributed by atoms with Crippen LogP contribution in [-0.4, -0.2) is 31.2 Å². The number of methoxy groups -OCH3 is 2. The highest BCUT2D eigenvalue weighted by molar-refractivity contribution is 7.14. The number of hydrogen-bond acceptors (Lipinski definition) is 8. The third kappa shape index (κ3) is 5.35. The molecule has 9 heteroatoms. The van der Waals surface area contributed by atoms with E-state index in [-0.39, 0.29) is 11.5 Å². The maximum absolute atomic E-state index is 13.5. The fraction of sp³-hybridized carbons (Fsp3) is 0.167. The number of rotatable bonds is 8. The Labute approximate surface area is 228 Å². The first-order valence-corrected chi connectivity index (χ1v) is 13.0. The smallest absolute Gasteiger partial charge is 0.266 e. The lowest BCUT2D eigenvalue weighted by atomic mass is 10.1. The van der Waals surface area contributed by atoms with Crippen LogP contribution in [0.4, 0.5) is 5.13 Å². The first-order valence-electron chi connectivity index (χ1n) is 12.2. The summed E-state index contributed by atoms with van der Waals surface area (Å²) in [5.41, 5.74) is 3.39. The molecule has 0 fully saturated rings. The van der Waals surface area contributed by atoms with Crippen LogP contribution in [0.1, 0.15) is 12.5 Å². The highest BCUT2D eigenvalue weighted by Gasteiger charge is 2.24. The van der Waals surface area contributed by atoms with Crippen molar-refractivity contribution >= 4 is 33.3 Å². The SMILES string of the molecule is COc1ccc(-c2oc3ccccc3c(=O)c2OC(C)C(=O)Nc2nc(-c3ccc(C)cc3)cs2)cc1OC. The van der Waals surface area contributed by atoms with Crippen LogP contribution in [0.5, 0.6) is 17.2 Å². The maximum atomic E-state index is 13.5. The fourth-order valence-electron chi connectivity index (χ4n) is 4.02. The number of anilines is 1. The Bertz CT molecular complexity index is 1710. The minimum Gasteiger partial charge on any atom is -0.493 e. The van der Waals surface area contributed by atoms with Gasteiger partial charge in [0.1, 0.15) is 5.58 Å². The molecule has 2 aromatic heterocycles. The van der Waals surface area contributed by atoms with Gasteiger partial charge in [0.2, 0.25) is 11.2 Å². The number of para-hydroxylation sites is 1. The molecule has 0 aliphatic rings. The summed E-state index contributed by atoms with van der Waals surface area (Å²) in [6.07, 6.45) is -1.03. The van der Waals surface area contributed by atoms with Crippen LogP contribution in [0.15, 0.2) is 81.3 Å². The van der Waals surface area contributed by atoms with Crippen molar-refractivity contribution in [1.29, 1.82) is 0 Å². The summed E-state index contributed by atoms with van der Waals surface area (Å²) in [6, 6.07) is 20.0. The highest BCUT2D eigenvalue weighted by atomic mass is 32.1. The fourth-order valence-corrected chi connectivity index (χ4v) is 4.75. The number of ether oxygens (including phenoxy) is 3. The number of carbonyl (C=O) groups excluding carboxylic acids is 1. The van der Waals surface area contributed by atoms with E-state index in [9.17, 15) is 9.59 Å². The lowest BCUT2D eigenvalue weighted by Crippen LogP contribution is -2.31. The van der Waals surface area contributed by atoms with E-state index in [1.165, 1.54) is 25.6 Å². The van der Waals surface area contributed by atoms with E-state index >= 15 is 0 Å². The second kappa shape index (κ2) is 11.0. The van der Waals surface area contributed by atoms with Gasteiger partial charge < -0.3 is 18.6 Å². The van der Waals surface area contributed by atoms with Gasteiger partial charge in [0.15, 0.2) is 28.5 Å². The van der Waals surface area contributed by atoms with Gasteiger partial charge >= 0.3 is 0 Å². The van der Waals surface area contributed by atoms with Crippen LogP contribution in [0.3, 0.4) is 0 Å². The van der Waals surface area contributed by atoms with E-state index in [2.05, 4.69) is 10.3 Å². The number of aromatic nitrogens is 1. The van der Waals surface area contributed by atoms with Gasteiger partial charge in [0.05, 0.1) is 25.3 Å². The Morgan fingerprint density at radius 2 is 1.69 bits per heavy atom. The van der Waals surface area contributed by atoms with Crippen LogP contribution >= 0.6 is 11.3 Å². The highest BCUT2D eigenvalue weighted by Crippen LogP contribution is 2.37. The molecule has 1 atom stereocenters. The van der Waals surface area contributed by atoms with Gasteiger partial charge in [-0.25, -0.2) is 4.98 Å². The van der Waals surface area contributed by atoms with E-state index in [1.807, 2.05) is 36.6 Å². The number of benzene rings is 3. The van der Waals surface area contributed by atoms with Crippen LogP contribution in [0.2, 0.25) is 0 Å². The number of hydrogen-bond donors (Lipinski definition) is 1. The summed E-state index contributed by atoms with van der Waals surface area (Å²) < 4.78 is 22.9. The Hall–Kier alpha value is -4.63. The zero-order valence-corrected chi connectivity index (χ0v) is 22.6. The van der Waals surface area contributed by atoms with Gasteiger partial charge in [-0.15, -0.1) is 11.3 Å². The van der Waals surface area contributed by atoms with Crippen LogP contribution in [0, 0.1) is 6.92 Å². The number of carbonyl (C=O) groups is 1. The summed E-state index contributed by atoms with van der Waals surface area (Å²) in [5.74, 6) is 0.618. The molecule has 8 nitrogen and oxygen atoms in total. The third-order valence-electron chi connectivity index (χ3n) is 6.15. The largest absolute Gasteiger partial charge is 0.493 e. The first-order chi connectivity index (χ1) is 18.9. The van der Waals surface area contributed by atoms with Crippen molar-refractivity contribution in [3.8, 4) is 39.8 Å². The van der Waals surface area contributed by atoms with Gasteiger partial charge in [-0.3, -0.25) is 14.9 Å². The maximum Gasteiger partial charge on any atom is 0.266 e. The first kappa shape index (κ1) is 26.0. The summed E-state index contributed by atoms with van der Waals surface area (Å²) in [7, 11) is 3.06. The predicted octanol–water partition coefficient (Wildman–Crippen LogP) is 6.32. The molecule has 3 aromatic carbocycles. The van der Waals surface area contributed by atoms with E-state index in [0.29, 0.717) is 33.2 Å². The Morgan fingerprint density at radius 1 is 0.974 bits per heavy atom. The molecule has 0 aliphatic carbocycles. The number of aryl methyl sites for hydroxylation is 1. The number of nitrogens with one attached hydrogen (secondary N) is 1. The quantitative estimate of drug-likeness (QED) is 0.245. The average Bonchev–Trinajstić information content (AvgIpc) is 3.42. The monoisotopic (exact) mass is 542 g/mol. The number of nitrogens with zero attached hydrogens (tertiary/aromatic N) is 1. The lowest BCUT2D eigenvalue weighted by molar-refractivity contribution is -0.122. The number of amides is 1. The second-order valence-electron chi connectivity index (χ2n) is 8.81. The topological polar surface area (TPSA) is 99.9 Å². The molecule has 0 radical (unpaired) electrons. The molecule has 0 saturated carbocycles. The molecule has 39 heavy (non-hydrogen) atoms. The summed E-state index contributed by atoms with van der Waals surface area (Å²) in [6.45, 7) is 3.58. The third-order valence-corrected chi connectivity index (χ3v) is 6.91. The van der Waals surface area contributed by atoms with Crippen molar-refractivity contribution in [3.05, 3.63) is 87.9 Å². The lowest BCUT2D eigenvalue weighted by Gasteiger charge is -2.17. The summed E-state index contributed by atoms with van der Waals surface area (Å²) in [5, 5.41) is 5.43. The Balaban J connectivity index is 1.45. The van der Waals surface area contributed by atoms with Gasteiger partial charge in [-0.1, -0.05) is 42.0 Å². The summed E-state index contributed by atoms with van der Waals surface area (Å²) >= 11 is 1.31. The number of thiazole rings is 1. The zero-order chi connectivity index (χ0) is 27.5. The molecule has 0 saturated heterocycles. The molecule has 5 rings (SSSR count). The van der Waals surface area contributed by atoms with Crippen molar-refractivity contribution in [1.82, 2.24) is 4.98 Å². The number of fused-ring (bicyclic) bond motifs is 1. The van der Waals surface area contributed by atoms with E-state index < -0.39 is 17.4 Å². The molecular formula is C30H26N2O6S. The Morgan fingerprint density at radius 3 is 2.44 bits per heavy atom. The van der Waals surface area contributed by atoms with Crippen LogP contribution in [0.25, 0.3) is 33.6 Å². The van der Waals surface area contributed by atoms with Gasteiger partial charge in [-0.2, -0.15) is 0 Å². The Kier molecular flexibility index (Phi) is 7.33.